The van der Waals surface area contributed by atoms with Crippen molar-refractivity contribution in [3.63, 3.8) is 0 Å². The van der Waals surface area contributed by atoms with Gasteiger partial charge < -0.3 is 24.3 Å². The molecule has 0 aliphatic heterocycles. The number of methoxy groups -OCH3 is 2. The molecular weight excluding hydrogens is 434 g/mol. The Kier molecular flexibility index (Phi) is 7.74. The van der Waals surface area contributed by atoms with E-state index in [9.17, 15) is 14.4 Å². The van der Waals surface area contributed by atoms with Crippen LogP contribution in [-0.4, -0.2) is 45.3 Å². The Morgan fingerprint density at radius 2 is 1.84 bits per heavy atom. The Labute approximate surface area is 190 Å². The summed E-state index contributed by atoms with van der Waals surface area (Å²) < 4.78 is 20.7. The predicted molar refractivity (Wildman–Crippen MR) is 120 cm³/mol. The summed E-state index contributed by atoms with van der Waals surface area (Å²) in [5.74, 6) is -0.283. The Morgan fingerprint density at radius 3 is 2.53 bits per heavy atom. The maximum absolute atomic E-state index is 12.6. The van der Waals surface area contributed by atoms with Crippen LogP contribution in [0.1, 0.15) is 51.4 Å². The van der Waals surface area contributed by atoms with Crippen molar-refractivity contribution in [2.24, 2.45) is 5.92 Å². The number of benzene rings is 1. The maximum Gasteiger partial charge on any atom is 0.341 e. The molecule has 1 aliphatic rings. The van der Waals surface area contributed by atoms with Crippen molar-refractivity contribution in [1.29, 1.82) is 0 Å². The van der Waals surface area contributed by atoms with Crippen molar-refractivity contribution < 1.29 is 33.3 Å². The van der Waals surface area contributed by atoms with E-state index in [4.69, 9.17) is 18.9 Å². The number of rotatable bonds is 8. The SMILES string of the molecule is CCOC(=O)c1c(NC(=O)COC(=O)c2ccc(OC)c(OC)c2)sc2c1CC[C@H](C)C2. The molecule has 2 aromatic rings. The minimum absolute atomic E-state index is 0.225. The number of esters is 2. The van der Waals surface area contributed by atoms with Crippen LogP contribution in [0.4, 0.5) is 5.00 Å². The minimum atomic E-state index is -0.675. The molecule has 0 saturated heterocycles. The van der Waals surface area contributed by atoms with E-state index in [2.05, 4.69) is 12.2 Å². The highest BCUT2D eigenvalue weighted by molar-refractivity contribution is 7.17. The van der Waals surface area contributed by atoms with Gasteiger partial charge in [-0.3, -0.25) is 4.79 Å². The lowest BCUT2D eigenvalue weighted by molar-refractivity contribution is -0.119. The van der Waals surface area contributed by atoms with Crippen molar-refractivity contribution in [1.82, 2.24) is 0 Å². The second-order valence-electron chi connectivity index (χ2n) is 7.47. The molecule has 1 heterocycles. The molecular formula is C23H27NO7S. The van der Waals surface area contributed by atoms with E-state index in [0.717, 1.165) is 29.7 Å². The number of anilines is 1. The molecule has 0 fully saturated rings. The summed E-state index contributed by atoms with van der Waals surface area (Å²) >= 11 is 1.38. The summed E-state index contributed by atoms with van der Waals surface area (Å²) in [5.41, 5.74) is 1.59. The van der Waals surface area contributed by atoms with Gasteiger partial charge in [-0.05, 0) is 55.9 Å². The Balaban J connectivity index is 1.69. The van der Waals surface area contributed by atoms with Crippen LogP contribution in [-0.2, 0) is 27.1 Å². The van der Waals surface area contributed by atoms with E-state index in [1.165, 1.54) is 37.7 Å². The van der Waals surface area contributed by atoms with Gasteiger partial charge in [-0.15, -0.1) is 11.3 Å². The summed E-state index contributed by atoms with van der Waals surface area (Å²) in [6.07, 6.45) is 2.61. The van der Waals surface area contributed by atoms with Crippen LogP contribution in [0.5, 0.6) is 11.5 Å². The summed E-state index contributed by atoms with van der Waals surface area (Å²) in [5, 5.41) is 3.17. The number of hydrogen-bond acceptors (Lipinski definition) is 8. The van der Waals surface area contributed by atoms with Crippen molar-refractivity contribution in [3.05, 3.63) is 39.8 Å². The van der Waals surface area contributed by atoms with E-state index >= 15 is 0 Å². The smallest absolute Gasteiger partial charge is 0.341 e. The van der Waals surface area contributed by atoms with E-state index in [0.29, 0.717) is 28.0 Å². The summed E-state index contributed by atoms with van der Waals surface area (Å²) in [7, 11) is 2.96. The lowest BCUT2D eigenvalue weighted by Crippen LogP contribution is -2.22. The fourth-order valence-corrected chi connectivity index (χ4v) is 5.01. The zero-order valence-electron chi connectivity index (χ0n) is 18.6. The zero-order valence-corrected chi connectivity index (χ0v) is 19.4. The third kappa shape index (κ3) is 5.21. The maximum atomic E-state index is 12.6. The average molecular weight is 462 g/mol. The first kappa shape index (κ1) is 23.6. The average Bonchev–Trinajstić information content (AvgIpc) is 3.13. The van der Waals surface area contributed by atoms with Gasteiger partial charge in [-0.2, -0.15) is 0 Å². The van der Waals surface area contributed by atoms with Crippen LogP contribution < -0.4 is 14.8 Å². The number of ether oxygens (including phenoxy) is 4. The van der Waals surface area contributed by atoms with Gasteiger partial charge in [0.05, 0.1) is 32.0 Å². The lowest BCUT2D eigenvalue weighted by Gasteiger charge is -2.18. The first-order chi connectivity index (χ1) is 15.4. The van der Waals surface area contributed by atoms with Crippen LogP contribution in [0.3, 0.4) is 0 Å². The van der Waals surface area contributed by atoms with Gasteiger partial charge in [0.15, 0.2) is 18.1 Å². The van der Waals surface area contributed by atoms with Crippen molar-refractivity contribution in [3.8, 4) is 11.5 Å². The molecule has 0 unspecified atom stereocenters. The normalized spacial score (nSPS) is 14.8. The fraction of sp³-hybridized carbons (Fsp3) is 0.435. The molecule has 3 rings (SSSR count). The van der Waals surface area contributed by atoms with Gasteiger partial charge in [0, 0.05) is 4.88 Å². The van der Waals surface area contributed by atoms with Crippen LogP contribution in [0, 0.1) is 5.92 Å². The van der Waals surface area contributed by atoms with Crippen molar-refractivity contribution >= 4 is 34.2 Å². The number of nitrogens with one attached hydrogen (secondary N) is 1. The van der Waals surface area contributed by atoms with Gasteiger partial charge in [0.25, 0.3) is 5.91 Å². The van der Waals surface area contributed by atoms with Crippen molar-refractivity contribution in [2.75, 3.05) is 32.8 Å². The third-order valence-corrected chi connectivity index (χ3v) is 6.37. The molecule has 0 bridgehead atoms. The van der Waals surface area contributed by atoms with Gasteiger partial charge in [-0.25, -0.2) is 9.59 Å². The second kappa shape index (κ2) is 10.5. The third-order valence-electron chi connectivity index (χ3n) is 5.20. The highest BCUT2D eigenvalue weighted by Crippen LogP contribution is 2.40. The van der Waals surface area contributed by atoms with Crippen molar-refractivity contribution in [2.45, 2.75) is 33.1 Å². The number of thiophene rings is 1. The number of fused-ring (bicyclic) bond motifs is 1. The van der Waals surface area contributed by atoms with E-state index in [1.54, 1.807) is 13.0 Å². The number of hydrogen-bond donors (Lipinski definition) is 1. The van der Waals surface area contributed by atoms with Crippen LogP contribution in [0.25, 0.3) is 0 Å². The number of carbonyl (C=O) groups excluding carboxylic acids is 3. The van der Waals surface area contributed by atoms with Crippen LogP contribution >= 0.6 is 11.3 Å². The molecule has 0 spiro atoms. The lowest BCUT2D eigenvalue weighted by atomic mass is 9.88. The molecule has 0 radical (unpaired) electrons. The molecule has 172 valence electrons. The first-order valence-electron chi connectivity index (χ1n) is 10.4. The van der Waals surface area contributed by atoms with Gasteiger partial charge >= 0.3 is 11.9 Å². The molecule has 1 aromatic carbocycles. The molecule has 1 aromatic heterocycles. The summed E-state index contributed by atoms with van der Waals surface area (Å²) in [6.45, 7) is 3.66. The molecule has 32 heavy (non-hydrogen) atoms. The van der Waals surface area contributed by atoms with E-state index in [1.807, 2.05) is 0 Å². The van der Waals surface area contributed by atoms with Crippen LogP contribution in [0.15, 0.2) is 18.2 Å². The van der Waals surface area contributed by atoms with E-state index in [-0.39, 0.29) is 12.2 Å². The predicted octanol–water partition coefficient (Wildman–Crippen LogP) is 3.86. The fourth-order valence-electron chi connectivity index (χ4n) is 3.60. The monoisotopic (exact) mass is 461 g/mol. The summed E-state index contributed by atoms with van der Waals surface area (Å²) in [6, 6.07) is 4.58. The molecule has 9 heteroatoms. The molecule has 1 N–H and O–H groups in total. The number of amides is 1. The topological polar surface area (TPSA) is 100 Å². The molecule has 0 saturated carbocycles. The molecule has 1 atom stereocenters. The Bertz CT molecular complexity index is 1010. The highest BCUT2D eigenvalue weighted by Gasteiger charge is 2.29. The highest BCUT2D eigenvalue weighted by atomic mass is 32.1. The molecule has 1 aliphatic carbocycles. The van der Waals surface area contributed by atoms with Crippen LogP contribution in [0.2, 0.25) is 0 Å². The minimum Gasteiger partial charge on any atom is -0.493 e. The Morgan fingerprint density at radius 1 is 1.09 bits per heavy atom. The van der Waals surface area contributed by atoms with Gasteiger partial charge in [0.2, 0.25) is 0 Å². The largest absolute Gasteiger partial charge is 0.493 e. The summed E-state index contributed by atoms with van der Waals surface area (Å²) in [4.78, 5) is 38.5. The van der Waals surface area contributed by atoms with Gasteiger partial charge in [0.1, 0.15) is 5.00 Å². The quantitative estimate of drug-likeness (QED) is 0.596. The zero-order chi connectivity index (χ0) is 23.3. The van der Waals surface area contributed by atoms with E-state index < -0.39 is 24.5 Å². The first-order valence-corrected chi connectivity index (χ1v) is 11.2. The molecule has 1 amide bonds. The molecule has 8 nitrogen and oxygen atoms in total. The standard InChI is InChI=1S/C23H27NO7S/c1-5-30-23(27)20-15-8-6-13(2)10-18(15)32-21(20)24-19(25)12-31-22(26)14-7-9-16(28-3)17(11-14)29-4/h7,9,11,13H,5-6,8,10,12H2,1-4H3,(H,24,25)/t13-/m0/s1. The van der Waals surface area contributed by atoms with Gasteiger partial charge in [-0.1, -0.05) is 6.92 Å². The Hall–Kier alpha value is -3.07. The second-order valence-corrected chi connectivity index (χ2v) is 8.58. The number of carbonyl (C=O) groups is 3.